The maximum atomic E-state index is 5.82. The van der Waals surface area contributed by atoms with Gasteiger partial charge >= 0.3 is 0 Å². The zero-order chi connectivity index (χ0) is 14.1. The Balaban J connectivity index is 1.84. The Morgan fingerprint density at radius 3 is 2.70 bits per heavy atom. The van der Waals surface area contributed by atoms with Gasteiger partial charge in [-0.05, 0) is 25.8 Å². The van der Waals surface area contributed by atoms with Crippen molar-refractivity contribution in [2.24, 2.45) is 0 Å². The molecular weight excluding hydrogens is 254 g/mol. The molecule has 110 valence electrons. The first-order valence-electron chi connectivity index (χ1n) is 7.31. The van der Waals surface area contributed by atoms with Crippen molar-refractivity contribution in [2.75, 3.05) is 55.8 Å². The standard InChI is InChI=1S/C13H23N7/c1-18(2)12-15-11(14)16-13(17-12)20-8-4-7-19-6-3-5-10(19)9-20/h10H,3-9H2,1-2H3,(H2,14,15,16,17). The summed E-state index contributed by atoms with van der Waals surface area (Å²) in [5.41, 5.74) is 5.82. The molecule has 2 aliphatic rings. The Hall–Kier alpha value is -1.63. The van der Waals surface area contributed by atoms with Crippen molar-refractivity contribution in [2.45, 2.75) is 25.3 Å². The highest BCUT2D eigenvalue weighted by molar-refractivity contribution is 5.43. The molecule has 2 aliphatic heterocycles. The summed E-state index contributed by atoms with van der Waals surface area (Å²) in [6.45, 7) is 4.41. The summed E-state index contributed by atoms with van der Waals surface area (Å²) in [6.07, 6.45) is 3.73. The Morgan fingerprint density at radius 1 is 1.10 bits per heavy atom. The lowest BCUT2D eigenvalue weighted by Crippen LogP contribution is -2.37. The van der Waals surface area contributed by atoms with Gasteiger partial charge in [0, 0.05) is 39.8 Å². The SMILES string of the molecule is CN(C)c1nc(N)nc(N2CCCN3CCCC3C2)n1. The van der Waals surface area contributed by atoms with E-state index in [0.717, 1.165) is 25.5 Å². The molecule has 0 spiro atoms. The normalized spacial score (nSPS) is 23.5. The van der Waals surface area contributed by atoms with Crippen molar-refractivity contribution in [1.82, 2.24) is 19.9 Å². The van der Waals surface area contributed by atoms with Crippen molar-refractivity contribution in [1.29, 1.82) is 0 Å². The highest BCUT2D eigenvalue weighted by atomic mass is 15.4. The van der Waals surface area contributed by atoms with Crippen molar-refractivity contribution in [3.8, 4) is 0 Å². The van der Waals surface area contributed by atoms with Crippen molar-refractivity contribution < 1.29 is 0 Å². The summed E-state index contributed by atoms with van der Waals surface area (Å²) in [6, 6.07) is 0.637. The Morgan fingerprint density at radius 2 is 1.90 bits per heavy atom. The molecule has 0 aromatic carbocycles. The van der Waals surface area contributed by atoms with Crippen molar-refractivity contribution in [3.05, 3.63) is 0 Å². The molecule has 7 nitrogen and oxygen atoms in total. The van der Waals surface area contributed by atoms with Crippen LogP contribution >= 0.6 is 0 Å². The van der Waals surface area contributed by atoms with Crippen LogP contribution in [0.3, 0.4) is 0 Å². The lowest BCUT2D eigenvalue weighted by atomic mass is 10.2. The first kappa shape index (κ1) is 13.4. The number of aromatic nitrogens is 3. The molecule has 3 rings (SSSR count). The largest absolute Gasteiger partial charge is 0.368 e. The summed E-state index contributed by atoms with van der Waals surface area (Å²) in [5.74, 6) is 1.64. The molecule has 1 aromatic heterocycles. The summed E-state index contributed by atoms with van der Waals surface area (Å²) in [7, 11) is 3.83. The number of hydrogen-bond acceptors (Lipinski definition) is 7. The van der Waals surface area contributed by atoms with E-state index in [1.54, 1.807) is 0 Å². The molecule has 3 heterocycles. The monoisotopic (exact) mass is 277 g/mol. The molecule has 0 saturated carbocycles. The van der Waals surface area contributed by atoms with Crippen LogP contribution in [0.1, 0.15) is 19.3 Å². The molecule has 7 heteroatoms. The van der Waals surface area contributed by atoms with E-state index in [-0.39, 0.29) is 0 Å². The van der Waals surface area contributed by atoms with Gasteiger partial charge in [-0.15, -0.1) is 0 Å². The third-order valence-electron chi connectivity index (χ3n) is 4.12. The highest BCUT2D eigenvalue weighted by Gasteiger charge is 2.29. The molecule has 2 fully saturated rings. The molecule has 0 aliphatic carbocycles. The van der Waals surface area contributed by atoms with E-state index in [4.69, 9.17) is 5.73 Å². The number of nitrogens with two attached hydrogens (primary N) is 1. The van der Waals surface area contributed by atoms with Gasteiger partial charge in [-0.2, -0.15) is 15.0 Å². The molecule has 2 saturated heterocycles. The maximum Gasteiger partial charge on any atom is 0.232 e. The van der Waals surface area contributed by atoms with E-state index in [9.17, 15) is 0 Å². The second-order valence-corrected chi connectivity index (χ2v) is 5.82. The van der Waals surface area contributed by atoms with Crippen LogP contribution in [0.4, 0.5) is 17.8 Å². The average Bonchev–Trinajstić information content (AvgIpc) is 2.75. The minimum absolute atomic E-state index is 0.297. The molecule has 0 radical (unpaired) electrons. The van der Waals surface area contributed by atoms with E-state index >= 15 is 0 Å². The van der Waals surface area contributed by atoms with Crippen molar-refractivity contribution >= 4 is 17.8 Å². The Bertz CT molecular complexity index is 476. The number of nitrogens with zero attached hydrogens (tertiary/aromatic N) is 6. The molecule has 1 aromatic rings. The van der Waals surface area contributed by atoms with Crippen LogP contribution < -0.4 is 15.5 Å². The molecule has 1 unspecified atom stereocenters. The van der Waals surface area contributed by atoms with E-state index in [2.05, 4.69) is 24.8 Å². The third kappa shape index (κ3) is 2.63. The van der Waals surface area contributed by atoms with Crippen molar-refractivity contribution in [3.63, 3.8) is 0 Å². The number of anilines is 3. The Labute approximate surface area is 119 Å². The second-order valence-electron chi connectivity index (χ2n) is 5.82. The van der Waals surface area contributed by atoms with E-state index in [1.807, 2.05) is 19.0 Å². The topological polar surface area (TPSA) is 74.4 Å². The predicted octanol–water partition coefficient (Wildman–Crippen LogP) is 0.194. The minimum atomic E-state index is 0.297. The van der Waals surface area contributed by atoms with Gasteiger partial charge in [0.05, 0.1) is 0 Å². The van der Waals surface area contributed by atoms with E-state index in [0.29, 0.717) is 17.9 Å². The number of rotatable bonds is 2. The van der Waals surface area contributed by atoms with Gasteiger partial charge in [0.2, 0.25) is 17.8 Å². The van der Waals surface area contributed by atoms with Crippen LogP contribution in [-0.2, 0) is 0 Å². The number of hydrogen-bond donors (Lipinski definition) is 1. The highest BCUT2D eigenvalue weighted by Crippen LogP contribution is 2.24. The number of nitrogen functional groups attached to an aromatic ring is 1. The zero-order valence-electron chi connectivity index (χ0n) is 12.3. The fraction of sp³-hybridized carbons (Fsp3) is 0.769. The summed E-state index contributed by atoms with van der Waals surface area (Å²) in [5, 5.41) is 0. The van der Waals surface area contributed by atoms with Gasteiger partial charge in [-0.1, -0.05) is 0 Å². The van der Waals surface area contributed by atoms with Crippen LogP contribution in [0.15, 0.2) is 0 Å². The molecule has 20 heavy (non-hydrogen) atoms. The van der Waals surface area contributed by atoms with Crippen LogP contribution in [-0.4, -0.2) is 66.2 Å². The first-order valence-corrected chi connectivity index (χ1v) is 7.31. The van der Waals surface area contributed by atoms with Gasteiger partial charge in [0.1, 0.15) is 0 Å². The summed E-state index contributed by atoms with van der Waals surface area (Å²) in [4.78, 5) is 19.8. The van der Waals surface area contributed by atoms with Gasteiger partial charge in [-0.3, -0.25) is 4.90 Å². The van der Waals surface area contributed by atoms with Crippen LogP contribution in [0.25, 0.3) is 0 Å². The molecule has 2 N–H and O–H groups in total. The average molecular weight is 277 g/mol. The lowest BCUT2D eigenvalue weighted by molar-refractivity contribution is 0.273. The summed E-state index contributed by atoms with van der Waals surface area (Å²) < 4.78 is 0. The summed E-state index contributed by atoms with van der Waals surface area (Å²) >= 11 is 0. The van der Waals surface area contributed by atoms with Crippen LogP contribution in [0.5, 0.6) is 0 Å². The fourth-order valence-electron chi connectivity index (χ4n) is 3.10. The van der Waals surface area contributed by atoms with Gasteiger partial charge in [0.15, 0.2) is 0 Å². The van der Waals surface area contributed by atoms with Gasteiger partial charge in [-0.25, -0.2) is 0 Å². The van der Waals surface area contributed by atoms with Gasteiger partial charge < -0.3 is 15.5 Å². The molecule has 0 amide bonds. The molecular formula is C13H23N7. The third-order valence-corrected chi connectivity index (χ3v) is 4.12. The van der Waals surface area contributed by atoms with Crippen LogP contribution in [0, 0.1) is 0 Å². The maximum absolute atomic E-state index is 5.82. The number of fused-ring (bicyclic) bond motifs is 1. The Kier molecular flexibility index (Phi) is 3.60. The van der Waals surface area contributed by atoms with Crippen LogP contribution in [0.2, 0.25) is 0 Å². The first-order chi connectivity index (χ1) is 9.63. The lowest BCUT2D eigenvalue weighted by Gasteiger charge is -2.26. The molecule has 1 atom stereocenters. The quantitative estimate of drug-likeness (QED) is 0.827. The van der Waals surface area contributed by atoms with E-state index < -0.39 is 0 Å². The second kappa shape index (κ2) is 5.40. The fourth-order valence-corrected chi connectivity index (χ4v) is 3.10. The van der Waals surface area contributed by atoms with Gasteiger partial charge in [0.25, 0.3) is 0 Å². The zero-order valence-corrected chi connectivity index (χ0v) is 12.3. The van der Waals surface area contributed by atoms with E-state index in [1.165, 1.54) is 25.9 Å². The predicted molar refractivity (Wildman–Crippen MR) is 80.0 cm³/mol. The molecule has 0 bridgehead atoms. The minimum Gasteiger partial charge on any atom is -0.368 e. The smallest absolute Gasteiger partial charge is 0.232 e.